The minimum absolute atomic E-state index is 0.102. The summed E-state index contributed by atoms with van der Waals surface area (Å²) in [7, 11) is 0. The van der Waals surface area contributed by atoms with Crippen LogP contribution < -0.4 is 21.1 Å². The van der Waals surface area contributed by atoms with E-state index in [9.17, 15) is 5.11 Å². The second kappa shape index (κ2) is 11.4. The van der Waals surface area contributed by atoms with Gasteiger partial charge >= 0.3 is 0 Å². The minimum Gasteiger partial charge on any atom is -0.487 e. The van der Waals surface area contributed by atoms with Crippen LogP contribution in [0.2, 0.25) is 5.02 Å². The number of aliphatic hydroxyl groups is 1. The first kappa shape index (κ1) is 26.0. The lowest BCUT2D eigenvalue weighted by molar-refractivity contribution is -0.0254. The van der Waals surface area contributed by atoms with Gasteiger partial charge in [0.25, 0.3) is 0 Å². The van der Waals surface area contributed by atoms with Crippen molar-refractivity contribution in [3.8, 4) is 11.5 Å². The maximum atomic E-state index is 11.2. The van der Waals surface area contributed by atoms with E-state index in [-0.39, 0.29) is 12.4 Å². The molecule has 0 radical (unpaired) electrons. The third-order valence-corrected chi connectivity index (χ3v) is 7.45. The fraction of sp³-hybridized carbons (Fsp3) is 0.310. The van der Waals surface area contributed by atoms with Crippen LogP contribution in [0.5, 0.6) is 11.5 Å². The molecule has 0 saturated carbocycles. The van der Waals surface area contributed by atoms with E-state index in [0.29, 0.717) is 30.2 Å². The first-order chi connectivity index (χ1) is 18.4. The van der Waals surface area contributed by atoms with E-state index in [2.05, 4.69) is 27.1 Å². The first-order valence-electron chi connectivity index (χ1n) is 12.7. The number of rotatable bonds is 7. The molecule has 5 rings (SSSR count). The van der Waals surface area contributed by atoms with Crippen molar-refractivity contribution in [1.29, 1.82) is 0 Å². The highest BCUT2D eigenvalue weighted by Crippen LogP contribution is 2.39. The smallest absolute Gasteiger partial charge is 0.157 e. The molecule has 8 nitrogen and oxygen atoms in total. The number of ether oxygens (including phenoxy) is 2. The molecule has 5 N–H and O–H groups in total. The van der Waals surface area contributed by atoms with Crippen molar-refractivity contribution >= 4 is 23.0 Å². The van der Waals surface area contributed by atoms with Gasteiger partial charge in [0.05, 0.1) is 11.3 Å². The average Bonchev–Trinajstić information content (AvgIpc) is 3.10. The second-order valence-electron chi connectivity index (χ2n) is 9.64. The number of piperidine rings is 1. The summed E-state index contributed by atoms with van der Waals surface area (Å²) in [5.41, 5.74) is 9.75. The van der Waals surface area contributed by atoms with Crippen molar-refractivity contribution in [3.05, 3.63) is 94.3 Å². The molecule has 1 aromatic heterocycles. The van der Waals surface area contributed by atoms with E-state index in [1.807, 2.05) is 48.5 Å². The number of nitrogens with two attached hydrogens (primary N) is 2. The van der Waals surface area contributed by atoms with Crippen molar-refractivity contribution in [1.82, 2.24) is 9.88 Å². The summed E-state index contributed by atoms with van der Waals surface area (Å²) in [6, 6.07) is 17.3. The van der Waals surface area contributed by atoms with Gasteiger partial charge < -0.3 is 31.1 Å². The van der Waals surface area contributed by atoms with Gasteiger partial charge in [-0.05, 0) is 66.8 Å². The zero-order valence-corrected chi connectivity index (χ0v) is 21.9. The third-order valence-electron chi connectivity index (χ3n) is 7.20. The summed E-state index contributed by atoms with van der Waals surface area (Å²) in [4.78, 5) is 6.96. The van der Waals surface area contributed by atoms with E-state index < -0.39 is 5.60 Å². The molecule has 3 heterocycles. The Labute approximate surface area is 227 Å². The van der Waals surface area contributed by atoms with Crippen LogP contribution in [-0.4, -0.2) is 47.1 Å². The van der Waals surface area contributed by atoms with Crippen molar-refractivity contribution in [2.75, 3.05) is 26.2 Å². The Morgan fingerprint density at radius 1 is 1.16 bits per heavy atom. The number of fused-ring (bicyclic) bond motifs is 2. The van der Waals surface area contributed by atoms with E-state index in [0.717, 1.165) is 59.8 Å². The molecule has 1 fully saturated rings. The summed E-state index contributed by atoms with van der Waals surface area (Å²) in [5.74, 6) is 6.87. The standard InChI is InChI=1S/C29H32ClN5O3/c30-21-7-5-20(6-8-21)29(36)11-15-35(16-12-29)14-2-4-23-24-3-1-13-33-26(24)18-38-27-10-9-22(17-25(23)27)37-19-28(31)34-32/h1,3-10,13,17,36H,2,11-12,14-16,18-19,32H2,(H2,31,34). The molecule has 2 aliphatic rings. The van der Waals surface area contributed by atoms with Crippen molar-refractivity contribution in [2.45, 2.75) is 31.5 Å². The van der Waals surface area contributed by atoms with Crippen LogP contribution in [0.25, 0.3) is 5.57 Å². The molecule has 3 aromatic rings. The van der Waals surface area contributed by atoms with Gasteiger partial charge in [0.1, 0.15) is 24.7 Å². The maximum Gasteiger partial charge on any atom is 0.157 e. The highest BCUT2D eigenvalue weighted by atomic mass is 35.5. The largest absolute Gasteiger partial charge is 0.487 e. The normalized spacial score (nSPS) is 18.3. The van der Waals surface area contributed by atoms with Gasteiger partial charge in [-0.1, -0.05) is 35.9 Å². The summed E-state index contributed by atoms with van der Waals surface area (Å²) in [6.45, 7) is 3.02. The summed E-state index contributed by atoms with van der Waals surface area (Å²) < 4.78 is 11.9. The number of hydrogen-bond donors (Lipinski definition) is 3. The molecule has 198 valence electrons. The molecule has 0 amide bonds. The molecule has 0 bridgehead atoms. The van der Waals surface area contributed by atoms with Crippen LogP contribution in [-0.2, 0) is 12.2 Å². The summed E-state index contributed by atoms with van der Waals surface area (Å²) in [6.07, 6.45) is 6.23. The second-order valence-corrected chi connectivity index (χ2v) is 10.1. The molecular formula is C29H32ClN5O3. The van der Waals surface area contributed by atoms with Gasteiger partial charge in [-0.2, -0.15) is 5.10 Å². The van der Waals surface area contributed by atoms with Crippen LogP contribution in [0, 0.1) is 0 Å². The number of amidine groups is 1. The Morgan fingerprint density at radius 3 is 2.71 bits per heavy atom. The highest BCUT2D eigenvalue weighted by Gasteiger charge is 2.33. The topological polar surface area (TPSA) is 119 Å². The molecule has 2 aromatic carbocycles. The predicted molar refractivity (Wildman–Crippen MR) is 149 cm³/mol. The first-order valence-corrected chi connectivity index (χ1v) is 13.1. The van der Waals surface area contributed by atoms with Crippen LogP contribution in [0.4, 0.5) is 0 Å². The van der Waals surface area contributed by atoms with Crippen molar-refractivity contribution in [3.63, 3.8) is 0 Å². The Hall–Kier alpha value is -3.59. The molecule has 38 heavy (non-hydrogen) atoms. The van der Waals surface area contributed by atoms with Gasteiger partial charge in [0, 0.05) is 42.0 Å². The van der Waals surface area contributed by atoms with E-state index in [1.54, 1.807) is 6.20 Å². The number of hydrazone groups is 1. The zero-order chi connectivity index (χ0) is 26.5. The third kappa shape index (κ3) is 5.78. The molecule has 0 aliphatic carbocycles. The molecule has 9 heteroatoms. The lowest BCUT2D eigenvalue weighted by Gasteiger charge is -2.38. The number of halogens is 1. The average molecular weight is 534 g/mol. The number of aromatic nitrogens is 1. The van der Waals surface area contributed by atoms with E-state index in [1.165, 1.54) is 0 Å². The van der Waals surface area contributed by atoms with Gasteiger partial charge in [-0.3, -0.25) is 4.98 Å². The van der Waals surface area contributed by atoms with Crippen LogP contribution >= 0.6 is 11.6 Å². The minimum atomic E-state index is -0.809. The number of benzene rings is 2. The number of hydrogen-bond acceptors (Lipinski definition) is 7. The zero-order valence-electron chi connectivity index (χ0n) is 21.1. The van der Waals surface area contributed by atoms with Crippen LogP contribution in [0.15, 0.2) is 72.0 Å². The lowest BCUT2D eigenvalue weighted by atomic mass is 9.84. The number of likely N-dealkylation sites (tertiary alicyclic amines) is 1. The van der Waals surface area contributed by atoms with Gasteiger partial charge in [0.15, 0.2) is 5.84 Å². The Bertz CT molecular complexity index is 1330. The van der Waals surface area contributed by atoms with Gasteiger partial charge in [-0.25, -0.2) is 0 Å². The molecule has 1 saturated heterocycles. The molecular weight excluding hydrogens is 502 g/mol. The Balaban J connectivity index is 1.32. The lowest BCUT2D eigenvalue weighted by Crippen LogP contribution is -2.42. The van der Waals surface area contributed by atoms with Crippen molar-refractivity contribution in [2.24, 2.45) is 16.7 Å². The molecule has 2 aliphatic heterocycles. The number of pyridine rings is 1. The highest BCUT2D eigenvalue weighted by molar-refractivity contribution is 6.30. The Kier molecular flexibility index (Phi) is 7.83. The predicted octanol–water partition coefficient (Wildman–Crippen LogP) is 4.04. The Morgan fingerprint density at radius 2 is 1.95 bits per heavy atom. The van der Waals surface area contributed by atoms with Crippen LogP contribution in [0.1, 0.15) is 41.6 Å². The van der Waals surface area contributed by atoms with E-state index >= 15 is 0 Å². The van der Waals surface area contributed by atoms with Gasteiger partial charge in [0.2, 0.25) is 0 Å². The molecule has 0 unspecified atom stereocenters. The maximum absolute atomic E-state index is 11.2. The fourth-order valence-corrected chi connectivity index (χ4v) is 5.15. The van der Waals surface area contributed by atoms with Crippen molar-refractivity contribution < 1.29 is 14.6 Å². The quantitative estimate of drug-likeness (QED) is 0.181. The molecule has 0 atom stereocenters. The number of nitrogens with zero attached hydrogens (tertiary/aromatic N) is 3. The van der Waals surface area contributed by atoms with E-state index in [4.69, 9.17) is 32.7 Å². The fourth-order valence-electron chi connectivity index (χ4n) is 5.03. The summed E-state index contributed by atoms with van der Waals surface area (Å²) >= 11 is 6.03. The van der Waals surface area contributed by atoms with Crippen LogP contribution in [0.3, 0.4) is 0 Å². The molecule has 0 spiro atoms. The summed E-state index contributed by atoms with van der Waals surface area (Å²) in [5, 5.41) is 15.4. The SMILES string of the molecule is N/N=C(\N)COc1ccc2c(c1)C(=CCCN1CCC(O)(c3ccc(Cl)cc3)CC1)c1cccnc1CO2. The monoisotopic (exact) mass is 533 g/mol. The van der Waals surface area contributed by atoms with Gasteiger partial charge in [-0.15, -0.1) is 0 Å².